The van der Waals surface area contributed by atoms with Crippen LogP contribution in [-0.4, -0.2) is 52.6 Å². The molecule has 4 rings (SSSR count). The molecule has 1 aliphatic heterocycles. The van der Waals surface area contributed by atoms with E-state index in [1.807, 2.05) is 41.3 Å². The summed E-state index contributed by atoms with van der Waals surface area (Å²) in [6.07, 6.45) is 6.34. The van der Waals surface area contributed by atoms with Crippen molar-refractivity contribution >= 4 is 11.8 Å². The molecule has 0 spiro atoms. The second-order valence-corrected chi connectivity index (χ2v) is 7.94. The molecular formula is C22H28N4O3. The third-order valence-electron chi connectivity index (χ3n) is 5.84. The zero-order chi connectivity index (χ0) is 20.1. The molecule has 154 valence electrons. The summed E-state index contributed by atoms with van der Waals surface area (Å²) >= 11 is 0. The SMILES string of the molecule is O=C(NC1CCCC1)c1cc([C@H]2CCCN(C(=O)COc3ccccc3)C2)[nH]n1. The lowest BCUT2D eigenvalue weighted by molar-refractivity contribution is -0.134. The molecule has 1 saturated heterocycles. The van der Waals surface area contributed by atoms with Crippen molar-refractivity contribution in [2.45, 2.75) is 50.5 Å². The molecule has 7 nitrogen and oxygen atoms in total. The number of H-pyrrole nitrogens is 1. The van der Waals surface area contributed by atoms with Gasteiger partial charge in [0.2, 0.25) is 0 Å². The van der Waals surface area contributed by atoms with Gasteiger partial charge in [0, 0.05) is 30.7 Å². The Morgan fingerprint density at radius 1 is 1.14 bits per heavy atom. The van der Waals surface area contributed by atoms with E-state index in [1.54, 1.807) is 0 Å². The molecule has 7 heteroatoms. The zero-order valence-electron chi connectivity index (χ0n) is 16.6. The Morgan fingerprint density at radius 2 is 1.93 bits per heavy atom. The Labute approximate surface area is 170 Å². The number of carbonyl (C=O) groups excluding carboxylic acids is 2. The van der Waals surface area contributed by atoms with Gasteiger partial charge in [-0.1, -0.05) is 31.0 Å². The number of para-hydroxylation sites is 1. The second-order valence-electron chi connectivity index (χ2n) is 7.94. The molecule has 1 saturated carbocycles. The predicted octanol–water partition coefficient (Wildman–Crippen LogP) is 2.87. The van der Waals surface area contributed by atoms with Crippen LogP contribution >= 0.6 is 0 Å². The van der Waals surface area contributed by atoms with Crippen LogP contribution in [0.5, 0.6) is 5.75 Å². The fourth-order valence-corrected chi connectivity index (χ4v) is 4.20. The highest BCUT2D eigenvalue weighted by Gasteiger charge is 2.27. The lowest BCUT2D eigenvalue weighted by Gasteiger charge is -2.32. The summed E-state index contributed by atoms with van der Waals surface area (Å²) in [4.78, 5) is 26.8. The number of nitrogens with zero attached hydrogens (tertiary/aromatic N) is 2. The lowest BCUT2D eigenvalue weighted by Crippen LogP contribution is -2.41. The monoisotopic (exact) mass is 396 g/mol. The molecule has 0 unspecified atom stereocenters. The topological polar surface area (TPSA) is 87.3 Å². The summed E-state index contributed by atoms with van der Waals surface area (Å²) in [5.41, 5.74) is 1.35. The number of carbonyl (C=O) groups is 2. The smallest absolute Gasteiger partial charge is 0.271 e. The maximum absolute atomic E-state index is 12.6. The highest BCUT2D eigenvalue weighted by Crippen LogP contribution is 2.26. The molecule has 2 amide bonds. The van der Waals surface area contributed by atoms with Gasteiger partial charge in [0.05, 0.1) is 0 Å². The minimum atomic E-state index is -0.112. The van der Waals surface area contributed by atoms with Crippen molar-refractivity contribution in [2.75, 3.05) is 19.7 Å². The summed E-state index contributed by atoms with van der Waals surface area (Å²) in [6.45, 7) is 1.38. The number of hydrogen-bond donors (Lipinski definition) is 2. The number of aromatic amines is 1. The molecule has 2 fully saturated rings. The number of benzene rings is 1. The highest BCUT2D eigenvalue weighted by molar-refractivity contribution is 5.92. The quantitative estimate of drug-likeness (QED) is 0.786. The first-order valence-corrected chi connectivity index (χ1v) is 10.5. The largest absolute Gasteiger partial charge is 0.484 e. The standard InChI is InChI=1S/C22H28N4O3/c27-21(15-29-18-10-2-1-3-11-18)26-12-6-7-16(14-26)19-13-20(25-24-19)22(28)23-17-8-4-5-9-17/h1-3,10-11,13,16-17H,4-9,12,14-15H2,(H,23,28)(H,24,25)/t16-/m0/s1. The summed E-state index contributed by atoms with van der Waals surface area (Å²) in [6, 6.07) is 11.5. The number of aromatic nitrogens is 2. The Morgan fingerprint density at radius 3 is 2.72 bits per heavy atom. The number of hydrogen-bond acceptors (Lipinski definition) is 4. The molecule has 0 radical (unpaired) electrons. The van der Waals surface area contributed by atoms with Crippen molar-refractivity contribution in [1.29, 1.82) is 0 Å². The maximum atomic E-state index is 12.6. The van der Waals surface area contributed by atoms with E-state index in [0.717, 1.165) is 37.9 Å². The fourth-order valence-electron chi connectivity index (χ4n) is 4.20. The van der Waals surface area contributed by atoms with Gasteiger partial charge in [0.15, 0.2) is 6.61 Å². The van der Waals surface area contributed by atoms with Gasteiger partial charge >= 0.3 is 0 Å². The van der Waals surface area contributed by atoms with Gasteiger partial charge < -0.3 is 15.0 Å². The Balaban J connectivity index is 1.31. The van der Waals surface area contributed by atoms with Crippen LogP contribution in [0.4, 0.5) is 0 Å². The van der Waals surface area contributed by atoms with Crippen molar-refractivity contribution in [3.63, 3.8) is 0 Å². The van der Waals surface area contributed by atoms with E-state index in [1.165, 1.54) is 12.8 Å². The first-order valence-electron chi connectivity index (χ1n) is 10.5. The Hall–Kier alpha value is -2.83. The highest BCUT2D eigenvalue weighted by atomic mass is 16.5. The van der Waals surface area contributed by atoms with Crippen LogP contribution in [0.1, 0.15) is 60.6 Å². The van der Waals surface area contributed by atoms with Crippen LogP contribution < -0.4 is 10.1 Å². The van der Waals surface area contributed by atoms with Crippen LogP contribution in [0, 0.1) is 0 Å². The van der Waals surface area contributed by atoms with E-state index in [9.17, 15) is 9.59 Å². The van der Waals surface area contributed by atoms with Gasteiger partial charge in [0.1, 0.15) is 11.4 Å². The lowest BCUT2D eigenvalue weighted by atomic mass is 9.94. The third kappa shape index (κ3) is 4.96. The van der Waals surface area contributed by atoms with E-state index in [2.05, 4.69) is 15.5 Å². The van der Waals surface area contributed by atoms with Crippen molar-refractivity contribution in [3.8, 4) is 5.75 Å². The van der Waals surface area contributed by atoms with Crippen molar-refractivity contribution < 1.29 is 14.3 Å². The van der Waals surface area contributed by atoms with Gasteiger partial charge in [-0.15, -0.1) is 0 Å². The summed E-state index contributed by atoms with van der Waals surface area (Å²) in [5.74, 6) is 0.725. The molecular weight excluding hydrogens is 368 g/mol. The average Bonchev–Trinajstić information content (AvgIpc) is 3.45. The molecule has 1 aliphatic carbocycles. The fraction of sp³-hybridized carbons (Fsp3) is 0.500. The van der Waals surface area contributed by atoms with Crippen LogP contribution in [0.15, 0.2) is 36.4 Å². The summed E-state index contributed by atoms with van der Waals surface area (Å²) in [7, 11) is 0. The molecule has 2 aliphatic rings. The van der Waals surface area contributed by atoms with Gasteiger partial charge in [-0.2, -0.15) is 5.10 Å². The van der Waals surface area contributed by atoms with Gasteiger partial charge in [0.25, 0.3) is 11.8 Å². The first kappa shape index (κ1) is 19.5. The minimum Gasteiger partial charge on any atom is -0.484 e. The molecule has 1 atom stereocenters. The third-order valence-corrected chi connectivity index (χ3v) is 5.84. The molecule has 2 N–H and O–H groups in total. The summed E-state index contributed by atoms with van der Waals surface area (Å²) < 4.78 is 5.60. The van der Waals surface area contributed by atoms with Crippen LogP contribution in [0.2, 0.25) is 0 Å². The van der Waals surface area contributed by atoms with Crippen molar-refractivity contribution in [1.82, 2.24) is 20.4 Å². The molecule has 2 heterocycles. The van der Waals surface area contributed by atoms with E-state index in [-0.39, 0.29) is 30.4 Å². The molecule has 1 aromatic heterocycles. The number of rotatable bonds is 6. The van der Waals surface area contributed by atoms with Crippen LogP contribution in [0.3, 0.4) is 0 Å². The number of amides is 2. The molecule has 2 aromatic rings. The average molecular weight is 396 g/mol. The number of nitrogens with one attached hydrogen (secondary N) is 2. The molecule has 1 aromatic carbocycles. The van der Waals surface area contributed by atoms with E-state index in [0.29, 0.717) is 18.0 Å². The molecule has 29 heavy (non-hydrogen) atoms. The van der Waals surface area contributed by atoms with Crippen molar-refractivity contribution in [3.05, 3.63) is 47.8 Å². The normalized spacial score (nSPS) is 19.9. The zero-order valence-corrected chi connectivity index (χ0v) is 16.6. The summed E-state index contributed by atoms with van der Waals surface area (Å²) in [5, 5.41) is 10.3. The second kappa shape index (κ2) is 9.11. The Bertz CT molecular complexity index is 830. The minimum absolute atomic E-state index is 0.0164. The predicted molar refractivity (Wildman–Crippen MR) is 109 cm³/mol. The van der Waals surface area contributed by atoms with E-state index in [4.69, 9.17) is 4.74 Å². The van der Waals surface area contributed by atoms with Crippen LogP contribution in [-0.2, 0) is 4.79 Å². The van der Waals surface area contributed by atoms with Crippen LogP contribution in [0.25, 0.3) is 0 Å². The maximum Gasteiger partial charge on any atom is 0.271 e. The van der Waals surface area contributed by atoms with Gasteiger partial charge in [-0.05, 0) is 43.9 Å². The number of likely N-dealkylation sites (tertiary alicyclic amines) is 1. The number of piperidine rings is 1. The van der Waals surface area contributed by atoms with E-state index < -0.39 is 0 Å². The van der Waals surface area contributed by atoms with Crippen molar-refractivity contribution in [2.24, 2.45) is 0 Å². The molecule has 0 bridgehead atoms. The van der Waals surface area contributed by atoms with Gasteiger partial charge in [-0.3, -0.25) is 14.7 Å². The van der Waals surface area contributed by atoms with Gasteiger partial charge in [-0.25, -0.2) is 0 Å². The number of ether oxygens (including phenoxy) is 1. The Kier molecular flexibility index (Phi) is 6.12. The first-order chi connectivity index (χ1) is 14.2. The van der Waals surface area contributed by atoms with E-state index >= 15 is 0 Å².